The highest BCUT2D eigenvalue weighted by Crippen LogP contribution is 2.30. The summed E-state index contributed by atoms with van der Waals surface area (Å²) in [6.45, 7) is 1.95. The van der Waals surface area contributed by atoms with E-state index in [1.54, 1.807) is 18.9 Å². The maximum absolute atomic E-state index is 13.1. The normalized spacial score (nSPS) is 20.6. The number of ether oxygens (including phenoxy) is 1. The van der Waals surface area contributed by atoms with Crippen LogP contribution in [0.2, 0.25) is 0 Å². The summed E-state index contributed by atoms with van der Waals surface area (Å²) in [6.07, 6.45) is 1.05. The van der Waals surface area contributed by atoms with E-state index in [0.29, 0.717) is 12.3 Å². The molecule has 0 spiro atoms. The van der Waals surface area contributed by atoms with Crippen molar-refractivity contribution in [2.75, 3.05) is 25.1 Å². The summed E-state index contributed by atoms with van der Waals surface area (Å²) in [7, 11) is 1.56. The van der Waals surface area contributed by atoms with Crippen LogP contribution in [0.15, 0.2) is 48.5 Å². The third kappa shape index (κ3) is 3.33. The van der Waals surface area contributed by atoms with Crippen molar-refractivity contribution in [1.82, 2.24) is 10.2 Å². The van der Waals surface area contributed by atoms with Gasteiger partial charge >= 0.3 is 6.03 Å². The average molecular weight is 393 g/mol. The Bertz CT molecular complexity index is 990. The third-order valence-electron chi connectivity index (χ3n) is 5.56. The van der Waals surface area contributed by atoms with E-state index in [2.05, 4.69) is 5.32 Å². The number of carbonyl (C=O) groups is 3. The Morgan fingerprint density at radius 1 is 1.14 bits per heavy atom. The maximum Gasteiger partial charge on any atom is 0.325 e. The Hall–Kier alpha value is -3.35. The molecular formula is C22H23N3O4. The Morgan fingerprint density at radius 3 is 2.66 bits per heavy atom. The number of urea groups is 1. The minimum absolute atomic E-state index is 0.264. The van der Waals surface area contributed by atoms with E-state index in [1.807, 2.05) is 48.5 Å². The number of carbonyl (C=O) groups excluding carboxylic acids is 3. The largest absolute Gasteiger partial charge is 0.496 e. The number of nitrogens with one attached hydrogen (secondary N) is 1. The highest BCUT2D eigenvalue weighted by Gasteiger charge is 2.49. The smallest absolute Gasteiger partial charge is 0.325 e. The fourth-order valence-electron chi connectivity index (χ4n) is 4.06. The van der Waals surface area contributed by atoms with Gasteiger partial charge in [-0.05, 0) is 36.6 Å². The average Bonchev–Trinajstić information content (AvgIpc) is 3.23. The molecule has 1 N–H and O–H groups in total. The van der Waals surface area contributed by atoms with Crippen molar-refractivity contribution in [2.24, 2.45) is 0 Å². The van der Waals surface area contributed by atoms with Crippen LogP contribution in [0.3, 0.4) is 0 Å². The maximum atomic E-state index is 13.1. The van der Waals surface area contributed by atoms with Gasteiger partial charge in [0.05, 0.1) is 7.11 Å². The molecule has 7 heteroatoms. The van der Waals surface area contributed by atoms with Gasteiger partial charge in [0.1, 0.15) is 17.8 Å². The van der Waals surface area contributed by atoms with E-state index in [4.69, 9.17) is 4.74 Å². The zero-order valence-corrected chi connectivity index (χ0v) is 16.5. The quantitative estimate of drug-likeness (QED) is 0.790. The number of methoxy groups -OCH3 is 1. The van der Waals surface area contributed by atoms with E-state index >= 15 is 0 Å². The number of anilines is 1. The molecule has 2 aliphatic rings. The van der Waals surface area contributed by atoms with Gasteiger partial charge in [0.15, 0.2) is 0 Å². The molecule has 7 nitrogen and oxygen atoms in total. The SMILES string of the molecule is COc1ccccc1CC1(C)NC(=O)N(CC(=O)N2CCc3ccccc32)C1=O. The molecular weight excluding hydrogens is 370 g/mol. The number of amides is 4. The number of para-hydroxylation sites is 2. The fraction of sp³-hybridized carbons (Fsp3) is 0.318. The first kappa shape index (κ1) is 19.0. The molecule has 0 aliphatic carbocycles. The lowest BCUT2D eigenvalue weighted by Gasteiger charge is -2.23. The van der Waals surface area contributed by atoms with Crippen LogP contribution in [0.25, 0.3) is 0 Å². The lowest BCUT2D eigenvalue weighted by Crippen LogP contribution is -2.47. The Morgan fingerprint density at radius 2 is 1.86 bits per heavy atom. The molecule has 2 aromatic carbocycles. The molecule has 0 radical (unpaired) electrons. The molecule has 1 saturated heterocycles. The lowest BCUT2D eigenvalue weighted by molar-refractivity contribution is -0.133. The van der Waals surface area contributed by atoms with Gasteiger partial charge in [-0.15, -0.1) is 0 Å². The van der Waals surface area contributed by atoms with Crippen molar-refractivity contribution in [3.8, 4) is 5.75 Å². The zero-order valence-electron chi connectivity index (χ0n) is 16.5. The molecule has 150 valence electrons. The standard InChI is InChI=1S/C22H23N3O4/c1-22(13-16-8-4-6-10-18(16)29-2)20(27)25(21(28)23-22)14-19(26)24-12-11-15-7-3-5-9-17(15)24/h3-10H,11-14H2,1-2H3,(H,23,28). The Labute approximate surface area is 169 Å². The second kappa shape index (κ2) is 7.24. The van der Waals surface area contributed by atoms with E-state index in [-0.39, 0.29) is 18.9 Å². The van der Waals surface area contributed by atoms with Crippen molar-refractivity contribution in [3.63, 3.8) is 0 Å². The fourth-order valence-corrected chi connectivity index (χ4v) is 4.06. The van der Waals surface area contributed by atoms with E-state index < -0.39 is 17.5 Å². The van der Waals surface area contributed by atoms with Gasteiger partial charge in [0.25, 0.3) is 5.91 Å². The van der Waals surface area contributed by atoms with E-state index in [1.165, 1.54) is 0 Å². The van der Waals surface area contributed by atoms with Crippen molar-refractivity contribution in [1.29, 1.82) is 0 Å². The molecule has 0 aromatic heterocycles. The third-order valence-corrected chi connectivity index (χ3v) is 5.56. The van der Waals surface area contributed by atoms with E-state index in [0.717, 1.165) is 28.1 Å². The first-order valence-electron chi connectivity index (χ1n) is 9.57. The molecule has 4 rings (SSSR count). The topological polar surface area (TPSA) is 79.0 Å². The number of nitrogens with zero attached hydrogens (tertiary/aromatic N) is 2. The van der Waals surface area contributed by atoms with Crippen LogP contribution in [0, 0.1) is 0 Å². The van der Waals surface area contributed by atoms with Gasteiger partial charge in [-0.2, -0.15) is 0 Å². The predicted octanol–water partition coefficient (Wildman–Crippen LogP) is 2.14. The van der Waals surface area contributed by atoms with Gasteiger partial charge in [0.2, 0.25) is 5.91 Å². The monoisotopic (exact) mass is 393 g/mol. The number of hydrogen-bond acceptors (Lipinski definition) is 4. The lowest BCUT2D eigenvalue weighted by atomic mass is 9.92. The molecule has 1 fully saturated rings. The molecule has 1 unspecified atom stereocenters. The molecule has 29 heavy (non-hydrogen) atoms. The Balaban J connectivity index is 1.50. The first-order chi connectivity index (χ1) is 13.9. The van der Waals surface area contributed by atoms with Crippen molar-refractivity contribution in [3.05, 3.63) is 59.7 Å². The molecule has 2 aliphatic heterocycles. The summed E-state index contributed by atoms with van der Waals surface area (Å²) >= 11 is 0. The predicted molar refractivity (Wildman–Crippen MR) is 108 cm³/mol. The number of rotatable bonds is 5. The highest BCUT2D eigenvalue weighted by molar-refractivity contribution is 6.10. The van der Waals surface area contributed by atoms with Gasteiger partial charge in [-0.3, -0.25) is 14.5 Å². The molecule has 2 aromatic rings. The summed E-state index contributed by atoms with van der Waals surface area (Å²) in [4.78, 5) is 41.1. The van der Waals surface area contributed by atoms with Gasteiger partial charge in [-0.25, -0.2) is 4.79 Å². The summed E-state index contributed by atoms with van der Waals surface area (Å²) in [5.74, 6) is -0.0202. The van der Waals surface area contributed by atoms with Crippen LogP contribution >= 0.6 is 0 Å². The van der Waals surface area contributed by atoms with Crippen LogP contribution in [-0.4, -0.2) is 48.5 Å². The van der Waals surface area contributed by atoms with Crippen LogP contribution in [0.4, 0.5) is 10.5 Å². The van der Waals surface area contributed by atoms with Crippen molar-refractivity contribution >= 4 is 23.5 Å². The minimum Gasteiger partial charge on any atom is -0.496 e. The minimum atomic E-state index is -1.13. The Kier molecular flexibility index (Phi) is 4.74. The van der Waals surface area contributed by atoms with Crippen LogP contribution < -0.4 is 15.0 Å². The summed E-state index contributed by atoms with van der Waals surface area (Å²) in [5.41, 5.74) is 1.63. The number of benzene rings is 2. The van der Waals surface area contributed by atoms with Crippen LogP contribution in [0.5, 0.6) is 5.75 Å². The summed E-state index contributed by atoms with van der Waals surface area (Å²) in [5, 5.41) is 2.76. The second-order valence-electron chi connectivity index (χ2n) is 7.57. The zero-order chi connectivity index (χ0) is 20.6. The summed E-state index contributed by atoms with van der Waals surface area (Å²) in [6, 6.07) is 14.5. The molecule has 2 heterocycles. The first-order valence-corrected chi connectivity index (χ1v) is 9.57. The molecule has 0 saturated carbocycles. The number of imide groups is 1. The van der Waals surface area contributed by atoms with Crippen LogP contribution in [-0.2, 0) is 22.4 Å². The highest BCUT2D eigenvalue weighted by atomic mass is 16.5. The van der Waals surface area contributed by atoms with Crippen molar-refractivity contribution < 1.29 is 19.1 Å². The van der Waals surface area contributed by atoms with Crippen molar-refractivity contribution in [2.45, 2.75) is 25.3 Å². The second-order valence-corrected chi connectivity index (χ2v) is 7.57. The molecule has 1 atom stereocenters. The molecule has 4 amide bonds. The van der Waals surface area contributed by atoms with Crippen LogP contribution in [0.1, 0.15) is 18.1 Å². The molecule has 0 bridgehead atoms. The van der Waals surface area contributed by atoms with Gasteiger partial charge < -0.3 is 15.0 Å². The van der Waals surface area contributed by atoms with Gasteiger partial charge in [0, 0.05) is 18.7 Å². The van der Waals surface area contributed by atoms with E-state index in [9.17, 15) is 14.4 Å². The van der Waals surface area contributed by atoms with Gasteiger partial charge in [-0.1, -0.05) is 36.4 Å². The summed E-state index contributed by atoms with van der Waals surface area (Å²) < 4.78 is 5.36. The number of hydrogen-bond donors (Lipinski definition) is 1. The number of fused-ring (bicyclic) bond motifs is 1.